The molecule has 0 aliphatic carbocycles. The number of fused-ring (bicyclic) bond motifs is 1. The first-order valence-corrected chi connectivity index (χ1v) is 12.1. The average Bonchev–Trinajstić information content (AvgIpc) is 3.16. The minimum absolute atomic E-state index is 0.0960. The number of oxazole rings is 1. The van der Waals surface area contributed by atoms with Gasteiger partial charge in [0.2, 0.25) is 0 Å². The van der Waals surface area contributed by atoms with Gasteiger partial charge in [-0.1, -0.05) is 52.0 Å². The van der Waals surface area contributed by atoms with Gasteiger partial charge in [0.1, 0.15) is 11.3 Å². The molecule has 0 fully saturated rings. The van der Waals surface area contributed by atoms with Gasteiger partial charge in [0.25, 0.3) is 15.2 Å². The number of anilines is 1. The quantitative estimate of drug-likeness (QED) is 0.325. The van der Waals surface area contributed by atoms with E-state index in [1.54, 1.807) is 30.3 Å². The number of methoxy groups -OCH3 is 1. The summed E-state index contributed by atoms with van der Waals surface area (Å²) in [6.45, 7) is 0. The number of aromatic nitrogens is 1. The molecule has 0 aliphatic rings. The Kier molecular flexibility index (Phi) is 6.03. The number of hydrogen-bond donors (Lipinski definition) is 1. The van der Waals surface area contributed by atoms with Gasteiger partial charge in [0.05, 0.1) is 17.7 Å². The van der Waals surface area contributed by atoms with E-state index in [1.807, 2.05) is 24.3 Å². The monoisotopic (exact) mass is 504 g/mol. The zero-order valence-electron chi connectivity index (χ0n) is 15.8. The number of para-hydroxylation sites is 2. The molecule has 4 aromatic rings. The minimum Gasteiger partial charge on any atom is -0.495 e. The predicted octanol–water partition coefficient (Wildman–Crippen LogP) is 5.69. The van der Waals surface area contributed by atoms with Crippen molar-refractivity contribution in [1.29, 1.82) is 0 Å². The lowest BCUT2D eigenvalue weighted by Gasteiger charge is -2.11. The average molecular weight is 505 g/mol. The summed E-state index contributed by atoms with van der Waals surface area (Å²) in [7, 11) is -2.32. The normalized spacial score (nSPS) is 11.5. The van der Waals surface area contributed by atoms with E-state index < -0.39 is 10.0 Å². The van der Waals surface area contributed by atoms with E-state index in [1.165, 1.54) is 31.0 Å². The summed E-state index contributed by atoms with van der Waals surface area (Å²) in [5, 5.41) is 0.486. The van der Waals surface area contributed by atoms with E-state index >= 15 is 0 Å². The SMILES string of the molecule is COc1ccccc1NS(=O)(=O)c1ccc2oc(SCc3ccc(Br)cc3)nc2c1. The second kappa shape index (κ2) is 8.71. The molecule has 0 saturated carbocycles. The Labute approximate surface area is 186 Å². The van der Waals surface area contributed by atoms with Crippen molar-refractivity contribution in [3.63, 3.8) is 0 Å². The van der Waals surface area contributed by atoms with Crippen LogP contribution in [-0.2, 0) is 15.8 Å². The van der Waals surface area contributed by atoms with Crippen molar-refractivity contribution < 1.29 is 17.6 Å². The first-order valence-electron chi connectivity index (χ1n) is 8.88. The van der Waals surface area contributed by atoms with Crippen molar-refractivity contribution in [2.45, 2.75) is 15.9 Å². The van der Waals surface area contributed by atoms with E-state index in [9.17, 15) is 8.42 Å². The van der Waals surface area contributed by atoms with E-state index in [0.717, 1.165) is 10.0 Å². The third-order valence-electron chi connectivity index (χ3n) is 4.28. The molecule has 0 spiro atoms. The number of nitrogens with one attached hydrogen (secondary N) is 1. The molecule has 0 radical (unpaired) electrons. The van der Waals surface area contributed by atoms with Crippen molar-refractivity contribution in [1.82, 2.24) is 4.98 Å². The Bertz CT molecular complexity index is 1290. The first kappa shape index (κ1) is 20.8. The summed E-state index contributed by atoms with van der Waals surface area (Å²) >= 11 is 4.87. The lowest BCUT2D eigenvalue weighted by atomic mass is 10.2. The highest BCUT2D eigenvalue weighted by Crippen LogP contribution is 2.30. The van der Waals surface area contributed by atoms with Crippen LogP contribution in [-0.4, -0.2) is 20.5 Å². The van der Waals surface area contributed by atoms with Gasteiger partial charge < -0.3 is 9.15 Å². The smallest absolute Gasteiger partial charge is 0.262 e. The van der Waals surface area contributed by atoms with Gasteiger partial charge in [0, 0.05) is 10.2 Å². The maximum absolute atomic E-state index is 12.8. The summed E-state index contributed by atoms with van der Waals surface area (Å²) < 4.78 is 40.2. The van der Waals surface area contributed by atoms with Crippen molar-refractivity contribution in [2.24, 2.45) is 0 Å². The summed E-state index contributed by atoms with van der Waals surface area (Å²) in [4.78, 5) is 4.53. The molecule has 1 aromatic heterocycles. The lowest BCUT2D eigenvalue weighted by molar-refractivity contribution is 0.417. The van der Waals surface area contributed by atoms with Crippen LogP contribution in [0.15, 0.2) is 85.7 Å². The highest BCUT2D eigenvalue weighted by Gasteiger charge is 2.18. The molecule has 9 heteroatoms. The first-order chi connectivity index (χ1) is 14.4. The van der Waals surface area contributed by atoms with E-state index in [0.29, 0.717) is 33.5 Å². The van der Waals surface area contributed by atoms with Gasteiger partial charge in [0.15, 0.2) is 5.58 Å². The van der Waals surface area contributed by atoms with Gasteiger partial charge in [-0.2, -0.15) is 0 Å². The predicted molar refractivity (Wildman–Crippen MR) is 122 cm³/mol. The van der Waals surface area contributed by atoms with E-state index in [4.69, 9.17) is 9.15 Å². The van der Waals surface area contributed by atoms with Crippen LogP contribution < -0.4 is 9.46 Å². The molecule has 6 nitrogen and oxygen atoms in total. The number of benzene rings is 3. The molecule has 0 bridgehead atoms. The van der Waals surface area contributed by atoms with Gasteiger partial charge in [-0.15, -0.1) is 0 Å². The lowest BCUT2D eigenvalue weighted by Crippen LogP contribution is -2.13. The van der Waals surface area contributed by atoms with E-state index in [2.05, 4.69) is 25.6 Å². The minimum atomic E-state index is -3.81. The topological polar surface area (TPSA) is 81.4 Å². The number of nitrogens with zero attached hydrogens (tertiary/aromatic N) is 1. The Morgan fingerprint density at radius 1 is 1.10 bits per heavy atom. The van der Waals surface area contributed by atoms with Gasteiger partial charge in [-0.05, 0) is 48.0 Å². The molecule has 0 amide bonds. The molecule has 1 N–H and O–H groups in total. The number of rotatable bonds is 7. The Hall–Kier alpha value is -2.49. The van der Waals surface area contributed by atoms with Crippen molar-refractivity contribution >= 4 is 54.5 Å². The molecule has 4 rings (SSSR count). The third-order valence-corrected chi connectivity index (χ3v) is 7.07. The number of sulfonamides is 1. The molecule has 0 aliphatic heterocycles. The van der Waals surface area contributed by atoms with E-state index in [-0.39, 0.29) is 4.90 Å². The maximum atomic E-state index is 12.8. The van der Waals surface area contributed by atoms with Crippen molar-refractivity contribution in [3.05, 3.63) is 76.8 Å². The number of hydrogen-bond acceptors (Lipinski definition) is 6. The van der Waals surface area contributed by atoms with Crippen LogP contribution in [0.5, 0.6) is 5.75 Å². The molecule has 1 heterocycles. The highest BCUT2D eigenvalue weighted by atomic mass is 79.9. The van der Waals surface area contributed by atoms with Gasteiger partial charge >= 0.3 is 0 Å². The maximum Gasteiger partial charge on any atom is 0.262 e. The van der Waals surface area contributed by atoms with Crippen molar-refractivity contribution in [3.8, 4) is 5.75 Å². The van der Waals surface area contributed by atoms with Crippen LogP contribution in [0.25, 0.3) is 11.1 Å². The fourth-order valence-electron chi connectivity index (χ4n) is 2.77. The third kappa shape index (κ3) is 4.63. The Balaban J connectivity index is 1.54. The number of ether oxygens (including phenoxy) is 1. The summed E-state index contributed by atoms with van der Waals surface area (Å²) in [5.74, 6) is 1.14. The van der Waals surface area contributed by atoms with Crippen LogP contribution in [0.1, 0.15) is 5.56 Å². The van der Waals surface area contributed by atoms with Crippen LogP contribution in [0, 0.1) is 0 Å². The van der Waals surface area contributed by atoms with Gasteiger partial charge in [-0.25, -0.2) is 13.4 Å². The molecule has 30 heavy (non-hydrogen) atoms. The summed E-state index contributed by atoms with van der Waals surface area (Å²) in [6.07, 6.45) is 0. The van der Waals surface area contributed by atoms with Crippen LogP contribution in [0.4, 0.5) is 5.69 Å². The number of thioether (sulfide) groups is 1. The molecular formula is C21H17BrN2O4S2. The molecule has 3 aromatic carbocycles. The second-order valence-electron chi connectivity index (χ2n) is 6.33. The molecular weight excluding hydrogens is 488 g/mol. The summed E-state index contributed by atoms with van der Waals surface area (Å²) in [5.41, 5.74) is 2.52. The van der Waals surface area contributed by atoms with Crippen LogP contribution in [0.3, 0.4) is 0 Å². The zero-order valence-corrected chi connectivity index (χ0v) is 19.1. The van der Waals surface area contributed by atoms with Crippen LogP contribution in [0.2, 0.25) is 0 Å². The van der Waals surface area contributed by atoms with Crippen LogP contribution >= 0.6 is 27.7 Å². The molecule has 0 saturated heterocycles. The fraction of sp³-hybridized carbons (Fsp3) is 0.0952. The zero-order chi connectivity index (χ0) is 21.1. The largest absolute Gasteiger partial charge is 0.495 e. The fourth-order valence-corrected chi connectivity index (χ4v) is 4.92. The Morgan fingerprint density at radius 3 is 2.63 bits per heavy atom. The van der Waals surface area contributed by atoms with Gasteiger partial charge in [-0.3, -0.25) is 4.72 Å². The highest BCUT2D eigenvalue weighted by molar-refractivity contribution is 9.10. The standard InChI is InChI=1S/C21H17BrN2O4S2/c1-27-19-5-3-2-4-17(19)24-30(25,26)16-10-11-20-18(12-16)23-21(28-20)29-13-14-6-8-15(22)9-7-14/h2-12,24H,13H2,1H3. The summed E-state index contributed by atoms with van der Waals surface area (Å²) in [6, 6.07) is 19.4. The number of halogens is 1. The second-order valence-corrected chi connectivity index (χ2v) is 9.85. The molecule has 154 valence electrons. The molecule has 0 atom stereocenters. The molecule has 0 unspecified atom stereocenters. The Morgan fingerprint density at radius 2 is 1.87 bits per heavy atom. The van der Waals surface area contributed by atoms with Crippen molar-refractivity contribution in [2.75, 3.05) is 11.8 Å².